The number of nitrogens with one attached hydrogen (secondary N) is 2. The van der Waals surface area contributed by atoms with Gasteiger partial charge in [0.1, 0.15) is 0 Å². The van der Waals surface area contributed by atoms with E-state index in [2.05, 4.69) is 228 Å². The molecule has 0 aliphatic rings. The van der Waals surface area contributed by atoms with E-state index in [4.69, 9.17) is 0 Å². The van der Waals surface area contributed by atoms with Gasteiger partial charge in [-0.05, 0) is 83.1 Å². The number of hydrogen-bond acceptors (Lipinski definition) is 0. The molecule has 0 unspecified atom stereocenters. The first-order chi connectivity index (χ1) is 28.8. The van der Waals surface area contributed by atoms with Crippen LogP contribution < -0.4 is 31.8 Å². The van der Waals surface area contributed by atoms with E-state index in [1.807, 2.05) is 0 Å². The lowest BCUT2D eigenvalue weighted by molar-refractivity contribution is 1.52. The zero-order valence-corrected chi connectivity index (χ0v) is 33.5. The lowest BCUT2D eigenvalue weighted by Gasteiger charge is -2.29. The standard InChI is InChI=1S/C54H38N2P2/c1-5-19-37(20-6-1)57(38-21-7-2-8-22-38)51-35-47(45-31-17-29-43-41-27-13-15-33-49(41)55-53(43)45)48(46-32-18-30-44-42-28-14-16-34-50(42)56-54(44)46)36-52(51)58(39-23-9-3-10-24-39)40-25-11-4-12-26-40/h1-36,55-56H. The summed E-state index contributed by atoms with van der Waals surface area (Å²) in [7, 11) is -1.97. The van der Waals surface area contributed by atoms with Crippen LogP contribution in [0.2, 0.25) is 0 Å². The van der Waals surface area contributed by atoms with E-state index >= 15 is 0 Å². The van der Waals surface area contributed by atoms with Crippen molar-refractivity contribution < 1.29 is 0 Å². The first kappa shape index (κ1) is 34.7. The highest BCUT2D eigenvalue weighted by molar-refractivity contribution is 7.85. The fourth-order valence-electron chi connectivity index (χ4n) is 8.74. The molecule has 274 valence electrons. The van der Waals surface area contributed by atoms with Crippen LogP contribution in [0, 0.1) is 0 Å². The Labute approximate surface area is 340 Å². The first-order valence-electron chi connectivity index (χ1n) is 19.8. The summed E-state index contributed by atoms with van der Waals surface area (Å²) in [6.45, 7) is 0. The van der Waals surface area contributed by atoms with Crippen LogP contribution in [0.1, 0.15) is 0 Å². The number of fused-ring (bicyclic) bond motifs is 6. The van der Waals surface area contributed by atoms with Crippen molar-refractivity contribution in [2.24, 2.45) is 0 Å². The Morgan fingerprint density at radius 1 is 0.259 bits per heavy atom. The van der Waals surface area contributed by atoms with E-state index in [1.165, 1.54) is 75.6 Å². The Morgan fingerprint density at radius 2 is 0.569 bits per heavy atom. The quantitative estimate of drug-likeness (QED) is 0.144. The van der Waals surface area contributed by atoms with Crippen molar-refractivity contribution in [3.8, 4) is 22.3 Å². The van der Waals surface area contributed by atoms with Crippen molar-refractivity contribution >= 4 is 91.3 Å². The normalized spacial score (nSPS) is 11.8. The number of rotatable bonds is 8. The average molecular weight is 777 g/mol. The van der Waals surface area contributed by atoms with Gasteiger partial charge in [0.15, 0.2) is 0 Å². The molecular weight excluding hydrogens is 739 g/mol. The molecule has 0 amide bonds. The molecule has 0 bridgehead atoms. The van der Waals surface area contributed by atoms with Crippen molar-refractivity contribution in [1.82, 2.24) is 9.97 Å². The fourth-order valence-corrected chi connectivity index (χ4v) is 14.0. The smallest absolute Gasteiger partial charge is 0.0544 e. The van der Waals surface area contributed by atoms with Gasteiger partial charge >= 0.3 is 0 Å². The Kier molecular flexibility index (Phi) is 8.81. The monoisotopic (exact) mass is 776 g/mol. The summed E-state index contributed by atoms with van der Waals surface area (Å²) in [4.78, 5) is 7.77. The third-order valence-electron chi connectivity index (χ3n) is 11.3. The highest BCUT2D eigenvalue weighted by Gasteiger charge is 2.29. The Hall–Kier alpha value is -6.56. The van der Waals surface area contributed by atoms with Crippen LogP contribution in [0.15, 0.2) is 218 Å². The van der Waals surface area contributed by atoms with Gasteiger partial charge in [-0.25, -0.2) is 0 Å². The van der Waals surface area contributed by atoms with Crippen LogP contribution in [0.3, 0.4) is 0 Å². The number of H-pyrrole nitrogens is 2. The van der Waals surface area contributed by atoms with Crippen LogP contribution in [-0.4, -0.2) is 9.97 Å². The average Bonchev–Trinajstić information content (AvgIpc) is 3.87. The molecule has 0 saturated heterocycles. The van der Waals surface area contributed by atoms with E-state index in [9.17, 15) is 0 Å². The van der Waals surface area contributed by atoms with Gasteiger partial charge in [0.2, 0.25) is 0 Å². The third kappa shape index (κ3) is 5.97. The number of hydrogen-bond donors (Lipinski definition) is 2. The van der Waals surface area contributed by atoms with Crippen molar-refractivity contribution in [2.75, 3.05) is 0 Å². The highest BCUT2D eigenvalue weighted by Crippen LogP contribution is 2.46. The molecule has 11 aromatic rings. The molecule has 2 N–H and O–H groups in total. The molecule has 9 aromatic carbocycles. The Bertz CT molecular complexity index is 2930. The lowest BCUT2D eigenvalue weighted by Crippen LogP contribution is -2.35. The number of aromatic nitrogens is 2. The van der Waals surface area contributed by atoms with Gasteiger partial charge in [-0.1, -0.05) is 194 Å². The van der Waals surface area contributed by atoms with Crippen LogP contribution in [0.4, 0.5) is 0 Å². The van der Waals surface area contributed by atoms with Crippen LogP contribution >= 0.6 is 15.8 Å². The molecule has 11 rings (SSSR count). The van der Waals surface area contributed by atoms with Crippen LogP contribution in [0.5, 0.6) is 0 Å². The van der Waals surface area contributed by atoms with Crippen molar-refractivity contribution in [3.63, 3.8) is 0 Å². The predicted molar refractivity (Wildman–Crippen MR) is 253 cm³/mol. The summed E-state index contributed by atoms with van der Waals surface area (Å²) in [6.07, 6.45) is 0. The molecule has 2 nitrogen and oxygen atoms in total. The molecule has 0 radical (unpaired) electrons. The van der Waals surface area contributed by atoms with Gasteiger partial charge < -0.3 is 9.97 Å². The number of benzene rings is 9. The molecule has 0 spiro atoms. The first-order valence-corrected chi connectivity index (χ1v) is 22.5. The zero-order chi connectivity index (χ0) is 38.4. The maximum absolute atomic E-state index is 3.89. The van der Waals surface area contributed by atoms with Gasteiger partial charge in [-0.2, -0.15) is 0 Å². The van der Waals surface area contributed by atoms with Gasteiger partial charge in [0.05, 0.1) is 11.0 Å². The minimum absolute atomic E-state index is 0.983. The van der Waals surface area contributed by atoms with Gasteiger partial charge in [-0.3, -0.25) is 0 Å². The largest absolute Gasteiger partial charge is 0.354 e. The lowest BCUT2D eigenvalue weighted by atomic mass is 9.92. The van der Waals surface area contributed by atoms with E-state index in [0.717, 1.165) is 22.1 Å². The summed E-state index contributed by atoms with van der Waals surface area (Å²) in [5.74, 6) is 0. The Morgan fingerprint density at radius 3 is 0.931 bits per heavy atom. The van der Waals surface area contributed by atoms with Gasteiger partial charge in [-0.15, -0.1) is 0 Å². The summed E-state index contributed by atoms with van der Waals surface area (Å²) in [5, 5.41) is 13.0. The summed E-state index contributed by atoms with van der Waals surface area (Å²) >= 11 is 0. The van der Waals surface area contributed by atoms with Crippen molar-refractivity contribution in [2.45, 2.75) is 0 Å². The molecule has 2 aromatic heterocycles. The second-order valence-corrected chi connectivity index (χ2v) is 19.1. The topological polar surface area (TPSA) is 31.6 Å². The second kappa shape index (κ2) is 14.7. The highest BCUT2D eigenvalue weighted by atomic mass is 31.1. The predicted octanol–water partition coefficient (Wildman–Crippen LogP) is 11.8. The zero-order valence-electron chi connectivity index (χ0n) is 31.7. The van der Waals surface area contributed by atoms with Crippen molar-refractivity contribution in [3.05, 3.63) is 218 Å². The molecule has 0 fully saturated rings. The van der Waals surface area contributed by atoms with Crippen LogP contribution in [0.25, 0.3) is 65.9 Å². The molecular formula is C54H38N2P2. The van der Waals surface area contributed by atoms with E-state index in [0.29, 0.717) is 0 Å². The van der Waals surface area contributed by atoms with Crippen LogP contribution in [-0.2, 0) is 0 Å². The summed E-state index contributed by atoms with van der Waals surface area (Å²) in [6, 6.07) is 80.9. The minimum atomic E-state index is -0.983. The molecule has 0 saturated carbocycles. The van der Waals surface area contributed by atoms with E-state index < -0.39 is 15.8 Å². The van der Waals surface area contributed by atoms with Gasteiger partial charge in [0.25, 0.3) is 0 Å². The molecule has 0 aliphatic heterocycles. The van der Waals surface area contributed by atoms with E-state index in [-0.39, 0.29) is 0 Å². The van der Waals surface area contributed by atoms with Crippen molar-refractivity contribution in [1.29, 1.82) is 0 Å². The molecule has 2 heterocycles. The number of aromatic amines is 2. The molecule has 0 atom stereocenters. The second-order valence-electron chi connectivity index (χ2n) is 14.7. The maximum Gasteiger partial charge on any atom is 0.0544 e. The fraction of sp³-hybridized carbons (Fsp3) is 0. The summed E-state index contributed by atoms with van der Waals surface area (Å²) < 4.78 is 0. The SMILES string of the molecule is c1ccc(P(c2ccccc2)c2cc(-c3cccc4c3[nH]c3ccccc34)c(-c3cccc4c3[nH]c3ccccc34)cc2P(c2ccccc2)c2ccccc2)cc1. The molecule has 4 heteroatoms. The van der Waals surface area contributed by atoms with E-state index in [1.54, 1.807) is 0 Å². The number of para-hydroxylation sites is 4. The molecule has 0 aliphatic carbocycles. The Balaban J connectivity index is 1.32. The van der Waals surface area contributed by atoms with Gasteiger partial charge in [0, 0.05) is 43.7 Å². The molecule has 58 heavy (non-hydrogen) atoms. The minimum Gasteiger partial charge on any atom is -0.354 e. The third-order valence-corrected chi connectivity index (χ3v) is 16.5. The summed E-state index contributed by atoms with van der Waals surface area (Å²) in [5.41, 5.74) is 9.44. The maximum atomic E-state index is 3.89.